The normalized spacial score (nSPS) is 14.9. The predicted octanol–water partition coefficient (Wildman–Crippen LogP) is 4.70. The molecule has 144 valence electrons. The van der Waals surface area contributed by atoms with E-state index in [1.807, 2.05) is 0 Å². The fourth-order valence-electron chi connectivity index (χ4n) is 2.76. The fraction of sp³-hybridized carbons (Fsp3) is 0.278. The number of amides is 1. The highest BCUT2D eigenvalue weighted by molar-refractivity contribution is 9.10. The smallest absolute Gasteiger partial charge is 0.378 e. The number of carbonyl (C=O) groups excluding carboxylic acids is 1. The molecule has 4 nitrogen and oxygen atoms in total. The first-order valence-electron chi connectivity index (χ1n) is 8.06. The van der Waals surface area contributed by atoms with Crippen LogP contribution in [0.25, 0.3) is 0 Å². The van der Waals surface area contributed by atoms with Crippen LogP contribution in [0.15, 0.2) is 40.9 Å². The summed E-state index contributed by atoms with van der Waals surface area (Å²) < 4.78 is 59.1. The molecule has 0 aromatic heterocycles. The monoisotopic (exact) mass is 446 g/mol. The van der Waals surface area contributed by atoms with Crippen LogP contribution < -0.4 is 10.2 Å². The molecule has 1 saturated heterocycles. The number of nitrogens with one attached hydrogen (secondary N) is 1. The minimum absolute atomic E-state index is 0.0294. The molecule has 2 aromatic carbocycles. The Kier molecular flexibility index (Phi) is 5.71. The van der Waals surface area contributed by atoms with Gasteiger partial charge in [-0.1, -0.05) is 0 Å². The van der Waals surface area contributed by atoms with Gasteiger partial charge >= 0.3 is 6.18 Å². The van der Waals surface area contributed by atoms with Crippen LogP contribution in [0.1, 0.15) is 15.9 Å². The average Bonchev–Trinajstić information content (AvgIpc) is 2.61. The van der Waals surface area contributed by atoms with Gasteiger partial charge in [0.2, 0.25) is 0 Å². The summed E-state index contributed by atoms with van der Waals surface area (Å²) >= 11 is 3.04. The third-order valence-electron chi connectivity index (χ3n) is 4.11. The van der Waals surface area contributed by atoms with Gasteiger partial charge in [0.15, 0.2) is 0 Å². The fourth-order valence-corrected chi connectivity index (χ4v) is 3.29. The number of nitrogens with zero attached hydrogens (tertiary/aromatic N) is 1. The lowest BCUT2D eigenvalue weighted by molar-refractivity contribution is -0.136. The van der Waals surface area contributed by atoms with Gasteiger partial charge in [-0.15, -0.1) is 0 Å². The highest BCUT2D eigenvalue weighted by Gasteiger charge is 2.35. The third kappa shape index (κ3) is 4.59. The summed E-state index contributed by atoms with van der Waals surface area (Å²) in [5.41, 5.74) is -0.868. The van der Waals surface area contributed by atoms with Gasteiger partial charge in [-0.3, -0.25) is 4.79 Å². The van der Waals surface area contributed by atoms with Crippen molar-refractivity contribution in [1.82, 2.24) is 0 Å². The Morgan fingerprint density at radius 2 is 1.81 bits per heavy atom. The molecule has 0 bridgehead atoms. The number of benzene rings is 2. The minimum atomic E-state index is -4.65. The quantitative estimate of drug-likeness (QED) is 0.695. The Balaban J connectivity index is 1.91. The van der Waals surface area contributed by atoms with Crippen LogP contribution in [0.3, 0.4) is 0 Å². The first-order chi connectivity index (χ1) is 12.8. The molecule has 0 saturated carbocycles. The number of carbonyl (C=O) groups is 1. The van der Waals surface area contributed by atoms with Crippen LogP contribution in [-0.2, 0) is 10.9 Å². The van der Waals surface area contributed by atoms with Gasteiger partial charge in [0.05, 0.1) is 30.0 Å². The van der Waals surface area contributed by atoms with E-state index < -0.39 is 23.5 Å². The average molecular weight is 447 g/mol. The third-order valence-corrected chi connectivity index (χ3v) is 4.76. The Labute approximate surface area is 161 Å². The van der Waals surface area contributed by atoms with Crippen molar-refractivity contribution in [3.05, 3.63) is 57.8 Å². The highest BCUT2D eigenvalue weighted by atomic mass is 79.9. The van der Waals surface area contributed by atoms with Crippen molar-refractivity contribution in [1.29, 1.82) is 0 Å². The summed E-state index contributed by atoms with van der Waals surface area (Å²) in [7, 11) is 0. The van der Waals surface area contributed by atoms with Crippen LogP contribution in [0.2, 0.25) is 0 Å². The van der Waals surface area contributed by atoms with E-state index >= 15 is 0 Å². The Bertz CT molecular complexity index is 852. The maximum absolute atomic E-state index is 13.5. The summed E-state index contributed by atoms with van der Waals surface area (Å²) in [6, 6.07) is 7.09. The molecule has 0 radical (unpaired) electrons. The summed E-state index contributed by atoms with van der Waals surface area (Å²) in [4.78, 5) is 14.1. The van der Waals surface area contributed by atoms with Crippen molar-refractivity contribution in [2.45, 2.75) is 6.18 Å². The van der Waals surface area contributed by atoms with Crippen molar-refractivity contribution in [3.8, 4) is 0 Å². The van der Waals surface area contributed by atoms with Gasteiger partial charge in [-0.2, -0.15) is 13.2 Å². The molecule has 1 aliphatic rings. The molecule has 1 heterocycles. The maximum Gasteiger partial charge on any atom is 0.418 e. The zero-order valence-electron chi connectivity index (χ0n) is 13.9. The van der Waals surface area contributed by atoms with E-state index in [0.717, 1.165) is 18.2 Å². The van der Waals surface area contributed by atoms with Crippen LogP contribution in [-0.4, -0.2) is 32.2 Å². The molecule has 0 spiro atoms. The first kappa shape index (κ1) is 19.6. The summed E-state index contributed by atoms with van der Waals surface area (Å²) in [5.74, 6) is -1.34. The van der Waals surface area contributed by atoms with Crippen LogP contribution in [0.5, 0.6) is 0 Å². The van der Waals surface area contributed by atoms with E-state index in [1.54, 1.807) is 4.90 Å². The lowest BCUT2D eigenvalue weighted by atomic mass is 10.1. The van der Waals surface area contributed by atoms with Gasteiger partial charge in [0, 0.05) is 23.2 Å². The van der Waals surface area contributed by atoms with Crippen molar-refractivity contribution in [2.24, 2.45) is 0 Å². The second-order valence-electron chi connectivity index (χ2n) is 5.91. The molecule has 0 atom stereocenters. The minimum Gasteiger partial charge on any atom is -0.378 e. The van der Waals surface area contributed by atoms with Crippen LogP contribution in [0, 0.1) is 5.82 Å². The summed E-state index contributed by atoms with van der Waals surface area (Å²) in [6.45, 7) is 1.87. The molecule has 1 N–H and O–H groups in total. The van der Waals surface area contributed by atoms with Crippen LogP contribution in [0.4, 0.5) is 28.9 Å². The molecule has 0 aliphatic carbocycles. The molecule has 1 amide bonds. The maximum atomic E-state index is 13.5. The molecular weight excluding hydrogens is 432 g/mol. The van der Waals surface area contributed by atoms with Gasteiger partial charge in [0.25, 0.3) is 5.91 Å². The highest BCUT2D eigenvalue weighted by Crippen LogP contribution is 2.38. The lowest BCUT2D eigenvalue weighted by Gasteiger charge is -2.29. The number of anilines is 2. The zero-order valence-corrected chi connectivity index (χ0v) is 15.5. The Hall–Kier alpha value is -2.13. The molecule has 3 rings (SSSR count). The molecule has 27 heavy (non-hydrogen) atoms. The lowest BCUT2D eigenvalue weighted by Crippen LogP contribution is -2.36. The van der Waals surface area contributed by atoms with Crippen molar-refractivity contribution >= 4 is 33.2 Å². The van der Waals surface area contributed by atoms with Gasteiger partial charge in [-0.25, -0.2) is 4.39 Å². The van der Waals surface area contributed by atoms with E-state index in [0.29, 0.717) is 32.0 Å². The first-order valence-corrected chi connectivity index (χ1v) is 8.85. The largest absolute Gasteiger partial charge is 0.418 e. The molecule has 2 aromatic rings. The van der Waals surface area contributed by atoms with Gasteiger partial charge in [0.1, 0.15) is 5.82 Å². The Morgan fingerprint density at radius 1 is 1.11 bits per heavy atom. The molecule has 0 unspecified atom stereocenters. The second-order valence-corrected chi connectivity index (χ2v) is 6.76. The summed E-state index contributed by atoms with van der Waals surface area (Å²) in [5, 5.41) is 2.27. The molecule has 1 aliphatic heterocycles. The molecular formula is C18H15BrF4N2O2. The van der Waals surface area contributed by atoms with E-state index in [9.17, 15) is 22.4 Å². The van der Waals surface area contributed by atoms with Crippen LogP contribution >= 0.6 is 15.9 Å². The van der Waals surface area contributed by atoms with Gasteiger partial charge in [-0.05, 0) is 52.3 Å². The molecule has 1 fully saturated rings. The number of morpholine rings is 1. The standard InChI is InChI=1S/C18H15BrF4N2O2/c19-15-9-11(20)1-3-13(15)17(26)24-16-4-2-12(10-14(16)18(21,22)23)25-5-7-27-8-6-25/h1-4,9-10H,5-8H2,(H,24,26). The number of hydrogen-bond acceptors (Lipinski definition) is 3. The van der Waals surface area contributed by atoms with E-state index in [4.69, 9.17) is 4.74 Å². The number of ether oxygens (including phenoxy) is 1. The van der Waals surface area contributed by atoms with Crippen molar-refractivity contribution in [3.63, 3.8) is 0 Å². The molecule has 9 heteroatoms. The number of halogens is 5. The van der Waals surface area contributed by atoms with E-state index in [2.05, 4.69) is 21.2 Å². The Morgan fingerprint density at radius 3 is 2.44 bits per heavy atom. The topological polar surface area (TPSA) is 41.6 Å². The number of rotatable bonds is 3. The van der Waals surface area contributed by atoms with E-state index in [1.165, 1.54) is 18.2 Å². The van der Waals surface area contributed by atoms with E-state index in [-0.39, 0.29) is 15.7 Å². The van der Waals surface area contributed by atoms with Crippen molar-refractivity contribution in [2.75, 3.05) is 36.5 Å². The predicted molar refractivity (Wildman–Crippen MR) is 96.5 cm³/mol. The van der Waals surface area contributed by atoms with Crippen molar-refractivity contribution < 1.29 is 27.1 Å². The second kappa shape index (κ2) is 7.85. The number of hydrogen-bond donors (Lipinski definition) is 1. The van der Waals surface area contributed by atoms with Gasteiger partial charge < -0.3 is 15.0 Å². The zero-order chi connectivity index (χ0) is 19.6. The SMILES string of the molecule is O=C(Nc1ccc(N2CCOCC2)cc1C(F)(F)F)c1ccc(F)cc1Br. The number of alkyl halides is 3. The summed E-state index contributed by atoms with van der Waals surface area (Å²) in [6.07, 6.45) is -4.65.